The van der Waals surface area contributed by atoms with Crippen molar-refractivity contribution in [2.45, 2.75) is 20.0 Å². The van der Waals surface area contributed by atoms with Gasteiger partial charge in [0.15, 0.2) is 0 Å². The first kappa shape index (κ1) is 14.5. The van der Waals surface area contributed by atoms with Crippen LogP contribution in [0.2, 0.25) is 0 Å². The number of rotatable bonds is 2. The molecule has 1 atom stereocenters. The van der Waals surface area contributed by atoms with Crippen molar-refractivity contribution in [2.24, 2.45) is 0 Å². The number of tetrazole rings is 1. The number of hydrogen-bond donors (Lipinski definition) is 1. The maximum atomic E-state index is 12.4. The van der Waals surface area contributed by atoms with E-state index in [0.29, 0.717) is 19.7 Å². The van der Waals surface area contributed by atoms with E-state index >= 15 is 0 Å². The second kappa shape index (κ2) is 6.10. The molecule has 1 aliphatic rings. The number of benzene rings is 1. The van der Waals surface area contributed by atoms with E-state index in [1.54, 1.807) is 9.58 Å². The number of carbonyl (C=O) groups is 1. The predicted octanol–water partition coefficient (Wildman–Crippen LogP) is 1.22. The molecular weight excluding hydrogens is 284 g/mol. The molecule has 1 fully saturated rings. The third-order valence-electron chi connectivity index (χ3n) is 3.60. The summed E-state index contributed by atoms with van der Waals surface area (Å²) >= 11 is 0. The Bertz CT molecular complexity index is 657. The first-order valence-corrected chi connectivity index (χ1v) is 7.15. The molecule has 0 unspecified atom stereocenters. The molecule has 0 spiro atoms. The van der Waals surface area contributed by atoms with Gasteiger partial charge in [0, 0.05) is 18.8 Å². The predicted molar refractivity (Wildman–Crippen MR) is 79.9 cm³/mol. The highest BCUT2D eigenvalue weighted by molar-refractivity contribution is 5.90. The normalized spacial score (nSPS) is 18.3. The SMILES string of the molecule is Cc1ccc(-n2cnnn2)cc1NC(=O)N1CCO[C@@H](C)C1. The van der Waals surface area contributed by atoms with Gasteiger partial charge in [-0.15, -0.1) is 5.10 Å². The zero-order chi connectivity index (χ0) is 15.5. The molecule has 2 heterocycles. The van der Waals surface area contributed by atoms with Crippen molar-refractivity contribution in [3.63, 3.8) is 0 Å². The topological polar surface area (TPSA) is 85.2 Å². The molecule has 0 saturated carbocycles. The summed E-state index contributed by atoms with van der Waals surface area (Å²) in [5.41, 5.74) is 2.52. The summed E-state index contributed by atoms with van der Waals surface area (Å²) in [7, 11) is 0. The van der Waals surface area contributed by atoms with Crippen LogP contribution in [0.5, 0.6) is 0 Å². The minimum absolute atomic E-state index is 0.0631. The summed E-state index contributed by atoms with van der Waals surface area (Å²) in [6.07, 6.45) is 1.58. The highest BCUT2D eigenvalue weighted by Gasteiger charge is 2.21. The summed E-state index contributed by atoms with van der Waals surface area (Å²) < 4.78 is 7.00. The zero-order valence-electron chi connectivity index (χ0n) is 12.6. The van der Waals surface area contributed by atoms with Gasteiger partial charge in [0.25, 0.3) is 0 Å². The Kier molecular flexibility index (Phi) is 4.01. The lowest BCUT2D eigenvalue weighted by atomic mass is 10.2. The number of nitrogens with one attached hydrogen (secondary N) is 1. The monoisotopic (exact) mass is 302 g/mol. The standard InChI is InChI=1S/C14H18N6O2/c1-10-3-4-12(20-9-15-17-18-20)7-13(10)16-14(21)19-5-6-22-11(2)8-19/h3-4,7,9,11H,5-6,8H2,1-2H3,(H,16,21)/t11-/m0/s1. The van der Waals surface area contributed by atoms with Crippen LogP contribution < -0.4 is 5.32 Å². The fourth-order valence-electron chi connectivity index (χ4n) is 2.36. The number of anilines is 1. The molecule has 22 heavy (non-hydrogen) atoms. The summed E-state index contributed by atoms with van der Waals surface area (Å²) in [6.45, 7) is 5.67. The van der Waals surface area contributed by atoms with Crippen molar-refractivity contribution < 1.29 is 9.53 Å². The maximum Gasteiger partial charge on any atom is 0.322 e. The summed E-state index contributed by atoms with van der Waals surface area (Å²) in [6, 6.07) is 5.56. The van der Waals surface area contributed by atoms with Crippen LogP contribution >= 0.6 is 0 Å². The number of carbonyl (C=O) groups excluding carboxylic acids is 1. The molecule has 3 rings (SSSR count). The van der Waals surface area contributed by atoms with Gasteiger partial charge in [0.2, 0.25) is 0 Å². The first-order chi connectivity index (χ1) is 10.6. The Balaban J connectivity index is 1.76. The number of morpholine rings is 1. The summed E-state index contributed by atoms with van der Waals surface area (Å²) in [5.74, 6) is 0. The molecule has 8 nitrogen and oxygen atoms in total. The Morgan fingerprint density at radius 3 is 3.05 bits per heavy atom. The van der Waals surface area contributed by atoms with Gasteiger partial charge < -0.3 is 15.0 Å². The van der Waals surface area contributed by atoms with Gasteiger partial charge in [0.1, 0.15) is 6.33 Å². The average molecular weight is 302 g/mol. The van der Waals surface area contributed by atoms with Gasteiger partial charge in [0.05, 0.1) is 18.4 Å². The van der Waals surface area contributed by atoms with Crippen molar-refractivity contribution in [1.82, 2.24) is 25.1 Å². The number of hydrogen-bond acceptors (Lipinski definition) is 5. The Labute approximate surface area is 128 Å². The molecule has 1 aliphatic heterocycles. The van der Waals surface area contributed by atoms with E-state index in [0.717, 1.165) is 16.9 Å². The van der Waals surface area contributed by atoms with Gasteiger partial charge in [-0.2, -0.15) is 0 Å². The minimum Gasteiger partial charge on any atom is -0.375 e. The Morgan fingerprint density at radius 1 is 1.45 bits per heavy atom. The van der Waals surface area contributed by atoms with E-state index in [9.17, 15) is 4.79 Å². The molecule has 2 aromatic rings. The van der Waals surface area contributed by atoms with Crippen LogP contribution in [0.15, 0.2) is 24.5 Å². The fraction of sp³-hybridized carbons (Fsp3) is 0.429. The fourth-order valence-corrected chi connectivity index (χ4v) is 2.36. The summed E-state index contributed by atoms with van der Waals surface area (Å²) in [4.78, 5) is 14.1. The van der Waals surface area contributed by atoms with Gasteiger partial charge in [-0.1, -0.05) is 6.07 Å². The Hall–Kier alpha value is -2.48. The molecule has 1 saturated heterocycles. The molecule has 1 aromatic heterocycles. The van der Waals surface area contributed by atoms with Gasteiger partial charge in [-0.3, -0.25) is 0 Å². The van der Waals surface area contributed by atoms with E-state index < -0.39 is 0 Å². The molecule has 1 N–H and O–H groups in total. The second-order valence-corrected chi connectivity index (χ2v) is 5.31. The number of aryl methyl sites for hydroxylation is 1. The van der Waals surface area contributed by atoms with Gasteiger partial charge in [-0.25, -0.2) is 9.48 Å². The van der Waals surface area contributed by atoms with Crippen molar-refractivity contribution in [3.8, 4) is 5.69 Å². The van der Waals surface area contributed by atoms with Gasteiger partial charge in [-0.05, 0) is 42.0 Å². The first-order valence-electron chi connectivity index (χ1n) is 7.15. The molecule has 2 amide bonds. The largest absolute Gasteiger partial charge is 0.375 e. The second-order valence-electron chi connectivity index (χ2n) is 5.31. The lowest BCUT2D eigenvalue weighted by molar-refractivity contribution is -0.00138. The van der Waals surface area contributed by atoms with Crippen molar-refractivity contribution >= 4 is 11.7 Å². The molecule has 116 valence electrons. The van der Waals surface area contributed by atoms with E-state index in [4.69, 9.17) is 4.74 Å². The van der Waals surface area contributed by atoms with Crippen LogP contribution in [0, 0.1) is 6.92 Å². The highest BCUT2D eigenvalue weighted by atomic mass is 16.5. The molecule has 8 heteroatoms. The number of ether oxygens (including phenoxy) is 1. The number of nitrogens with zero attached hydrogens (tertiary/aromatic N) is 5. The number of amides is 2. The lowest BCUT2D eigenvalue weighted by Crippen LogP contribution is -2.46. The molecule has 0 radical (unpaired) electrons. The number of urea groups is 1. The van der Waals surface area contributed by atoms with Crippen molar-refractivity contribution in [3.05, 3.63) is 30.1 Å². The molecular formula is C14H18N6O2. The van der Waals surface area contributed by atoms with Gasteiger partial charge >= 0.3 is 6.03 Å². The van der Waals surface area contributed by atoms with Crippen molar-refractivity contribution in [1.29, 1.82) is 0 Å². The third-order valence-corrected chi connectivity index (χ3v) is 3.60. The van der Waals surface area contributed by atoms with Crippen LogP contribution in [0.3, 0.4) is 0 Å². The average Bonchev–Trinajstić information content (AvgIpc) is 3.04. The van der Waals surface area contributed by atoms with Crippen LogP contribution in [0.4, 0.5) is 10.5 Å². The zero-order valence-corrected chi connectivity index (χ0v) is 12.6. The minimum atomic E-state index is -0.118. The van der Waals surface area contributed by atoms with Crippen molar-refractivity contribution in [2.75, 3.05) is 25.0 Å². The van der Waals surface area contributed by atoms with E-state index in [-0.39, 0.29) is 12.1 Å². The quantitative estimate of drug-likeness (QED) is 0.901. The van der Waals surface area contributed by atoms with E-state index in [1.165, 1.54) is 6.33 Å². The van der Waals surface area contributed by atoms with Crippen LogP contribution in [0.25, 0.3) is 5.69 Å². The third kappa shape index (κ3) is 3.06. The van der Waals surface area contributed by atoms with Crippen LogP contribution in [-0.4, -0.2) is 56.9 Å². The van der Waals surface area contributed by atoms with Crippen LogP contribution in [0.1, 0.15) is 12.5 Å². The molecule has 1 aromatic carbocycles. The number of aromatic nitrogens is 4. The molecule has 0 aliphatic carbocycles. The summed E-state index contributed by atoms with van der Waals surface area (Å²) in [5, 5.41) is 14.0. The highest BCUT2D eigenvalue weighted by Crippen LogP contribution is 2.19. The smallest absolute Gasteiger partial charge is 0.322 e. The van der Waals surface area contributed by atoms with E-state index in [1.807, 2.05) is 32.0 Å². The lowest BCUT2D eigenvalue weighted by Gasteiger charge is -2.31. The molecule has 0 bridgehead atoms. The van der Waals surface area contributed by atoms with Crippen LogP contribution in [-0.2, 0) is 4.74 Å². The Morgan fingerprint density at radius 2 is 2.32 bits per heavy atom. The maximum absolute atomic E-state index is 12.4. The van der Waals surface area contributed by atoms with E-state index in [2.05, 4.69) is 20.8 Å².